The fourth-order valence-corrected chi connectivity index (χ4v) is 2.97. The lowest BCUT2D eigenvalue weighted by Gasteiger charge is -2.35. The van der Waals surface area contributed by atoms with Gasteiger partial charge in [0, 0.05) is 5.02 Å². The summed E-state index contributed by atoms with van der Waals surface area (Å²) >= 11 is 5.92. The van der Waals surface area contributed by atoms with Crippen molar-refractivity contribution in [2.75, 3.05) is 0 Å². The van der Waals surface area contributed by atoms with E-state index >= 15 is 0 Å². The largest absolute Gasteiger partial charge is 0.460 e. The fraction of sp³-hybridized carbons (Fsp3) is 0.474. The molecule has 3 nitrogen and oxygen atoms in total. The van der Waals surface area contributed by atoms with Gasteiger partial charge in [0.25, 0.3) is 0 Å². The van der Waals surface area contributed by atoms with Crippen LogP contribution in [0.5, 0.6) is 0 Å². The summed E-state index contributed by atoms with van der Waals surface area (Å²) in [5.41, 5.74) is 1.48. The van der Waals surface area contributed by atoms with Crippen molar-refractivity contribution in [1.29, 1.82) is 0 Å². The minimum atomic E-state index is -0.653. The molecule has 0 bridgehead atoms. The number of hydrogen-bond acceptors (Lipinski definition) is 3. The number of aldehydes is 1. The Bertz CT molecular complexity index is 638. The molecule has 1 unspecified atom stereocenters. The van der Waals surface area contributed by atoms with Gasteiger partial charge >= 0.3 is 5.97 Å². The molecule has 0 saturated carbocycles. The molecule has 0 aliphatic heterocycles. The SMILES string of the molecule is CC(C)(C)OC(=O)C1(C)CCC(c2ccc(Cl)cc2)=C(C=O)C1. The minimum absolute atomic E-state index is 0.237. The van der Waals surface area contributed by atoms with Crippen LogP contribution in [0, 0.1) is 5.41 Å². The van der Waals surface area contributed by atoms with E-state index in [4.69, 9.17) is 16.3 Å². The third kappa shape index (κ3) is 4.23. The van der Waals surface area contributed by atoms with Gasteiger partial charge in [0.2, 0.25) is 0 Å². The van der Waals surface area contributed by atoms with E-state index in [1.54, 1.807) is 0 Å². The Labute approximate surface area is 142 Å². The monoisotopic (exact) mass is 334 g/mol. The predicted molar refractivity (Wildman–Crippen MR) is 92.2 cm³/mol. The lowest BCUT2D eigenvalue weighted by molar-refractivity contribution is -0.167. The van der Waals surface area contributed by atoms with E-state index in [0.717, 1.165) is 17.4 Å². The minimum Gasteiger partial charge on any atom is -0.460 e. The summed E-state index contributed by atoms with van der Waals surface area (Å²) in [4.78, 5) is 24.1. The van der Waals surface area contributed by atoms with Crippen LogP contribution in [0.4, 0.5) is 0 Å². The molecule has 1 aromatic rings. The van der Waals surface area contributed by atoms with Crippen molar-refractivity contribution in [3.8, 4) is 0 Å². The van der Waals surface area contributed by atoms with Gasteiger partial charge in [-0.3, -0.25) is 9.59 Å². The Kier molecular flexibility index (Phi) is 5.00. The van der Waals surface area contributed by atoms with E-state index in [1.165, 1.54) is 0 Å². The van der Waals surface area contributed by atoms with E-state index in [2.05, 4.69) is 0 Å². The van der Waals surface area contributed by atoms with Crippen LogP contribution >= 0.6 is 11.6 Å². The van der Waals surface area contributed by atoms with Crippen LogP contribution in [-0.2, 0) is 14.3 Å². The second kappa shape index (κ2) is 6.48. The van der Waals surface area contributed by atoms with Crippen LogP contribution in [0.25, 0.3) is 5.57 Å². The van der Waals surface area contributed by atoms with Crippen LogP contribution in [0.3, 0.4) is 0 Å². The molecule has 0 aromatic heterocycles. The average molecular weight is 335 g/mol. The summed E-state index contributed by atoms with van der Waals surface area (Å²) in [7, 11) is 0. The molecular formula is C19H23ClO3. The summed E-state index contributed by atoms with van der Waals surface area (Å²) in [5, 5.41) is 0.663. The van der Waals surface area contributed by atoms with Crippen molar-refractivity contribution >= 4 is 29.4 Å². The van der Waals surface area contributed by atoms with Crippen LogP contribution in [0.2, 0.25) is 5.02 Å². The molecule has 1 atom stereocenters. The smallest absolute Gasteiger partial charge is 0.312 e. The number of benzene rings is 1. The average Bonchev–Trinajstić information content (AvgIpc) is 2.46. The number of carbonyl (C=O) groups excluding carboxylic acids is 2. The van der Waals surface area contributed by atoms with Crippen molar-refractivity contribution in [3.63, 3.8) is 0 Å². The predicted octanol–water partition coefficient (Wildman–Crippen LogP) is 4.82. The van der Waals surface area contributed by atoms with Crippen LogP contribution in [0.15, 0.2) is 29.8 Å². The van der Waals surface area contributed by atoms with Crippen LogP contribution in [-0.4, -0.2) is 17.9 Å². The van der Waals surface area contributed by atoms with Crippen LogP contribution < -0.4 is 0 Å². The highest BCUT2D eigenvalue weighted by Gasteiger charge is 2.40. The van der Waals surface area contributed by atoms with Crippen molar-refractivity contribution < 1.29 is 14.3 Å². The molecule has 0 heterocycles. The van der Waals surface area contributed by atoms with E-state index in [-0.39, 0.29) is 5.97 Å². The number of carbonyl (C=O) groups is 2. The molecule has 124 valence electrons. The number of esters is 1. The van der Waals surface area contributed by atoms with Gasteiger partial charge < -0.3 is 4.74 Å². The van der Waals surface area contributed by atoms with Gasteiger partial charge in [-0.1, -0.05) is 23.7 Å². The van der Waals surface area contributed by atoms with Crippen LogP contribution in [0.1, 0.15) is 52.5 Å². The van der Waals surface area contributed by atoms with Gasteiger partial charge in [-0.25, -0.2) is 0 Å². The number of allylic oxidation sites excluding steroid dienone is 2. The van der Waals surface area contributed by atoms with Gasteiger partial charge in [0.15, 0.2) is 0 Å². The second-order valence-electron chi connectivity index (χ2n) is 7.37. The van der Waals surface area contributed by atoms with Crippen molar-refractivity contribution in [2.24, 2.45) is 5.41 Å². The molecule has 23 heavy (non-hydrogen) atoms. The standard InChI is InChI=1S/C19H23ClO3/c1-18(2,3)23-17(22)19(4)10-9-16(14(11-19)12-21)13-5-7-15(20)8-6-13/h5-8,12H,9-11H2,1-4H3. The van der Waals surface area contributed by atoms with Gasteiger partial charge in [0.05, 0.1) is 5.41 Å². The summed E-state index contributed by atoms with van der Waals surface area (Å²) in [5.74, 6) is -0.237. The van der Waals surface area contributed by atoms with Gasteiger partial charge in [-0.15, -0.1) is 0 Å². The van der Waals surface area contributed by atoms with Crippen molar-refractivity contribution in [1.82, 2.24) is 0 Å². The quantitative estimate of drug-likeness (QED) is 0.587. The highest BCUT2D eigenvalue weighted by atomic mass is 35.5. The molecule has 1 aromatic carbocycles. The maximum atomic E-state index is 12.5. The summed E-state index contributed by atoms with van der Waals surface area (Å²) < 4.78 is 5.53. The summed E-state index contributed by atoms with van der Waals surface area (Å²) in [6, 6.07) is 7.45. The molecule has 0 fully saturated rings. The highest BCUT2D eigenvalue weighted by molar-refractivity contribution is 6.30. The molecular weight excluding hydrogens is 312 g/mol. The topological polar surface area (TPSA) is 43.4 Å². The molecule has 4 heteroatoms. The number of ether oxygens (including phenoxy) is 1. The molecule has 0 radical (unpaired) electrons. The molecule has 1 aliphatic rings. The zero-order valence-electron chi connectivity index (χ0n) is 14.1. The number of rotatable bonds is 3. The summed E-state index contributed by atoms with van der Waals surface area (Å²) in [6.45, 7) is 7.44. The molecule has 0 amide bonds. The zero-order valence-corrected chi connectivity index (χ0v) is 14.9. The zero-order chi connectivity index (χ0) is 17.3. The second-order valence-corrected chi connectivity index (χ2v) is 7.80. The van der Waals surface area contributed by atoms with Gasteiger partial charge in [0.1, 0.15) is 11.9 Å². The maximum Gasteiger partial charge on any atom is 0.312 e. The normalized spacial score (nSPS) is 22.0. The maximum absolute atomic E-state index is 12.5. The Morgan fingerprint density at radius 1 is 1.26 bits per heavy atom. The Morgan fingerprint density at radius 3 is 2.39 bits per heavy atom. The Hall–Kier alpha value is -1.61. The van der Waals surface area contributed by atoms with Gasteiger partial charge in [-0.2, -0.15) is 0 Å². The third-order valence-electron chi connectivity index (χ3n) is 4.12. The summed E-state index contributed by atoms with van der Waals surface area (Å²) in [6.07, 6.45) is 2.61. The lowest BCUT2D eigenvalue weighted by Crippen LogP contribution is -2.37. The van der Waals surface area contributed by atoms with Crippen molar-refractivity contribution in [2.45, 2.75) is 52.6 Å². The van der Waals surface area contributed by atoms with E-state index in [1.807, 2.05) is 52.0 Å². The molecule has 1 aliphatic carbocycles. The van der Waals surface area contributed by atoms with E-state index < -0.39 is 11.0 Å². The lowest BCUT2D eigenvalue weighted by atomic mass is 9.72. The first-order valence-electron chi connectivity index (χ1n) is 7.81. The Morgan fingerprint density at radius 2 is 1.87 bits per heavy atom. The van der Waals surface area contributed by atoms with E-state index in [0.29, 0.717) is 29.9 Å². The van der Waals surface area contributed by atoms with Crippen molar-refractivity contribution in [3.05, 3.63) is 40.4 Å². The first-order valence-corrected chi connectivity index (χ1v) is 8.19. The number of hydrogen-bond donors (Lipinski definition) is 0. The third-order valence-corrected chi connectivity index (χ3v) is 4.37. The molecule has 0 spiro atoms. The highest BCUT2D eigenvalue weighted by Crippen LogP contribution is 2.43. The Balaban J connectivity index is 2.29. The first-order chi connectivity index (χ1) is 10.6. The first kappa shape index (κ1) is 17.7. The fourth-order valence-electron chi connectivity index (χ4n) is 2.85. The molecule has 2 rings (SSSR count). The van der Waals surface area contributed by atoms with E-state index in [9.17, 15) is 9.59 Å². The van der Waals surface area contributed by atoms with Gasteiger partial charge in [-0.05, 0) is 75.8 Å². The molecule has 0 saturated heterocycles. The number of halogens is 1. The molecule has 0 N–H and O–H groups in total.